The van der Waals surface area contributed by atoms with E-state index in [1.54, 1.807) is 85.8 Å². The van der Waals surface area contributed by atoms with Crippen LogP contribution in [0.3, 0.4) is 0 Å². The van der Waals surface area contributed by atoms with Gasteiger partial charge in [-0.05, 0) is 124 Å². The third kappa shape index (κ3) is 6.08. The van der Waals surface area contributed by atoms with Gasteiger partial charge in [0.2, 0.25) is 29.0 Å². The van der Waals surface area contributed by atoms with Crippen LogP contribution in [0.1, 0.15) is 71.4 Å². The summed E-state index contributed by atoms with van der Waals surface area (Å²) in [5.74, 6) is -5.63. The smallest absolute Gasteiger partial charge is 0.339 e. The van der Waals surface area contributed by atoms with Gasteiger partial charge in [-0.25, -0.2) is 4.79 Å². The van der Waals surface area contributed by atoms with Crippen molar-refractivity contribution in [1.82, 2.24) is 10.2 Å². The summed E-state index contributed by atoms with van der Waals surface area (Å²) in [6, 6.07) is 16.8. The minimum absolute atomic E-state index is 0.0146. The number of ketones is 2. The van der Waals surface area contributed by atoms with Crippen LogP contribution in [0.25, 0.3) is 0 Å². The van der Waals surface area contributed by atoms with Crippen molar-refractivity contribution in [3.8, 4) is 11.5 Å². The summed E-state index contributed by atoms with van der Waals surface area (Å²) in [6.45, 7) is 4.15. The number of halogens is 2. The highest BCUT2D eigenvalue weighted by Crippen LogP contribution is 2.60. The molecule has 0 radical (unpaired) electrons. The van der Waals surface area contributed by atoms with Crippen molar-refractivity contribution >= 4 is 95.6 Å². The van der Waals surface area contributed by atoms with E-state index < -0.39 is 75.9 Å². The molecule has 2 fully saturated rings. The molecule has 2 amide bonds. The van der Waals surface area contributed by atoms with Crippen molar-refractivity contribution in [1.29, 1.82) is 0 Å². The number of likely N-dealkylation sites (tertiary alicyclic amines) is 1. The van der Waals surface area contributed by atoms with E-state index in [1.807, 2.05) is 13.0 Å². The first kappa shape index (κ1) is 41.9. The number of carbonyl (C=O) groups is 5. The van der Waals surface area contributed by atoms with Crippen LogP contribution in [0.4, 0.5) is 5.69 Å². The van der Waals surface area contributed by atoms with Crippen molar-refractivity contribution in [2.75, 3.05) is 11.9 Å². The Hall–Kier alpha value is -5.72. The number of aliphatic hydroxyl groups is 1. The lowest BCUT2D eigenvalue weighted by Crippen LogP contribution is -2.51. The van der Waals surface area contributed by atoms with Gasteiger partial charge in [0, 0.05) is 59.9 Å². The number of nitrogens with zero attached hydrogens (tertiary/aromatic N) is 1. The molecule has 2 spiro atoms. The number of aryl methyl sites for hydroxylation is 1. The molecular weight excluding hydrogens is 1000 g/mol. The lowest BCUT2D eigenvalue weighted by atomic mass is 9.70. The number of allylic oxidation sites excluding steroid dienone is 3. The molecule has 3 aliphatic carbocycles. The van der Waals surface area contributed by atoms with Crippen LogP contribution in [0.2, 0.25) is 0 Å². The number of fused-ring (bicyclic) bond motifs is 9. The third-order valence-electron chi connectivity index (χ3n) is 13.4. The molecule has 5 heterocycles. The average Bonchev–Trinajstić information content (AvgIpc) is 4.03. The Kier molecular flexibility index (Phi) is 9.45. The molecular formula is C48H35Br2N3O10S2. The Morgan fingerprint density at radius 2 is 1.72 bits per heavy atom. The number of benzene rings is 3. The van der Waals surface area contributed by atoms with Gasteiger partial charge in [-0.3, -0.25) is 24.1 Å². The number of hydrogen-bond donors (Lipinski definition) is 4. The fourth-order valence-electron chi connectivity index (χ4n) is 10.4. The van der Waals surface area contributed by atoms with E-state index in [2.05, 4.69) is 42.5 Å². The highest BCUT2D eigenvalue weighted by atomic mass is 79.9. The Morgan fingerprint density at radius 3 is 2.48 bits per heavy atom. The van der Waals surface area contributed by atoms with Gasteiger partial charge < -0.3 is 35.1 Å². The number of phenols is 1. The van der Waals surface area contributed by atoms with Crippen molar-refractivity contribution < 1.29 is 48.4 Å². The summed E-state index contributed by atoms with van der Waals surface area (Å²) in [5.41, 5.74) is -0.848. The van der Waals surface area contributed by atoms with Gasteiger partial charge in [0.25, 0.3) is 0 Å². The molecule has 4 aliphatic heterocycles. The second-order valence-corrected chi connectivity index (χ2v) is 20.8. The van der Waals surface area contributed by atoms with E-state index in [0.717, 1.165) is 14.2 Å². The number of imide groups is 1. The molecule has 11 rings (SSSR count). The predicted octanol–water partition coefficient (Wildman–Crippen LogP) is 8.42. The summed E-state index contributed by atoms with van der Waals surface area (Å²) in [7, 11) is 0. The maximum atomic E-state index is 14.6. The van der Waals surface area contributed by atoms with Crippen molar-refractivity contribution in [2.45, 2.75) is 43.7 Å². The molecule has 2 saturated heterocycles. The van der Waals surface area contributed by atoms with Crippen molar-refractivity contribution in [3.05, 3.63) is 155 Å². The summed E-state index contributed by atoms with van der Waals surface area (Å²) >= 11 is 13.9. The zero-order valence-electron chi connectivity index (χ0n) is 34.2. The second kappa shape index (κ2) is 14.6. The number of thiophene rings is 1. The maximum absolute atomic E-state index is 14.6. The van der Waals surface area contributed by atoms with E-state index in [1.165, 1.54) is 23.5 Å². The topological polar surface area (TPSA) is 181 Å². The Bertz CT molecular complexity index is 3020. The monoisotopic (exact) mass is 1040 g/mol. The van der Waals surface area contributed by atoms with Crippen LogP contribution in [-0.4, -0.2) is 67.8 Å². The quantitative estimate of drug-likeness (QED) is 0.0648. The molecule has 1 aromatic heterocycles. The number of ether oxygens (including phenoxy) is 3. The lowest BCUT2D eigenvalue weighted by Gasteiger charge is -2.44. The molecule has 13 nitrogen and oxygen atoms in total. The standard InChI is InChI=1S/C48H35Br2N3O10S2/c1-21-15-28-39(65-21)41(57)48(40(28)56)37-36(38(62-48)22-3-10-32(49)33(50)16-22)42(58)53(43(37)59)24-11-13-46(2,14-12-24)20-51-45(64)52-23-4-7-29-27(17-23)44(60)63-47(29)30-8-5-25(54)18-34(30)61-35-19-26(55)6-9-31(35)47/h3-13,15-19,30,34,36-38,54-55H,14,20H2,1-2H3,(H2,51,52,64)/t30?,34?,36-,37-,38-,46?,47?,48?/m0/s1. The highest BCUT2D eigenvalue weighted by molar-refractivity contribution is 9.13. The van der Waals surface area contributed by atoms with Gasteiger partial charge in [-0.1, -0.05) is 37.3 Å². The highest BCUT2D eigenvalue weighted by Gasteiger charge is 2.75. The Morgan fingerprint density at radius 1 is 0.923 bits per heavy atom. The zero-order valence-corrected chi connectivity index (χ0v) is 39.0. The number of rotatable bonds is 5. The molecule has 0 bridgehead atoms. The molecule has 65 heavy (non-hydrogen) atoms. The molecule has 4 aromatic rings. The molecule has 4 N–H and O–H groups in total. The number of Topliss-reactive ketones (excluding diaryl/α,β-unsaturated/α-hetero) is 2. The van der Waals surface area contributed by atoms with Crippen LogP contribution in [-0.2, 0) is 24.7 Å². The van der Waals surface area contributed by atoms with Crippen LogP contribution in [0.15, 0.2) is 118 Å². The van der Waals surface area contributed by atoms with Crippen LogP contribution >= 0.6 is 55.4 Å². The minimum Gasteiger partial charge on any atom is -0.508 e. The predicted molar refractivity (Wildman–Crippen MR) is 248 cm³/mol. The largest absolute Gasteiger partial charge is 0.508 e. The van der Waals surface area contributed by atoms with Gasteiger partial charge in [0.1, 0.15) is 23.4 Å². The molecule has 8 atom stereocenters. The number of esters is 1. The van der Waals surface area contributed by atoms with Gasteiger partial charge in [0.15, 0.2) is 10.7 Å². The third-order valence-corrected chi connectivity index (χ3v) is 16.6. The fraction of sp³-hybridized carbons (Fsp3) is 0.250. The van der Waals surface area contributed by atoms with Crippen molar-refractivity contribution in [3.63, 3.8) is 0 Å². The van der Waals surface area contributed by atoms with Crippen LogP contribution < -0.4 is 15.4 Å². The molecule has 3 aromatic carbocycles. The number of anilines is 1. The number of nitrogens with one attached hydrogen (secondary N) is 2. The summed E-state index contributed by atoms with van der Waals surface area (Å²) in [4.78, 5) is 73.4. The minimum atomic E-state index is -2.16. The number of thiocarbonyl (C=S) groups is 1. The van der Waals surface area contributed by atoms with E-state index in [-0.39, 0.29) is 27.1 Å². The first-order chi connectivity index (χ1) is 31.0. The van der Waals surface area contributed by atoms with Crippen LogP contribution in [0, 0.1) is 30.1 Å². The number of carbonyl (C=O) groups excluding carboxylic acids is 5. The molecule has 17 heteroatoms. The van der Waals surface area contributed by atoms with Crippen molar-refractivity contribution in [2.24, 2.45) is 23.2 Å². The van der Waals surface area contributed by atoms with Gasteiger partial charge >= 0.3 is 5.97 Å². The number of phenolic OH excluding ortho intramolecular Hbond substituents is 1. The average molecular weight is 1040 g/mol. The first-order valence-electron chi connectivity index (χ1n) is 20.6. The van der Waals surface area contributed by atoms with E-state index in [9.17, 15) is 34.2 Å². The zero-order chi connectivity index (χ0) is 45.5. The number of hydrogen-bond acceptors (Lipinski definition) is 12. The van der Waals surface area contributed by atoms with E-state index in [4.69, 9.17) is 26.4 Å². The van der Waals surface area contributed by atoms with E-state index in [0.29, 0.717) is 56.8 Å². The van der Waals surface area contributed by atoms with Gasteiger partial charge in [-0.15, -0.1) is 11.3 Å². The normalized spacial score (nSPS) is 30.1. The summed E-state index contributed by atoms with van der Waals surface area (Å²) in [6.07, 6.45) is 8.93. The Labute approximate surface area is 397 Å². The maximum Gasteiger partial charge on any atom is 0.339 e. The lowest BCUT2D eigenvalue weighted by molar-refractivity contribution is -0.142. The molecule has 328 valence electrons. The SMILES string of the molecule is Cc1cc2c(s1)C(=O)C1(O[C@@H](c3ccc(Br)c(Br)c3)[C@H]3C(=O)N(C4=CCC(C)(CNC(=S)Nc5ccc6c(c5)C(=O)OC65c6ccc(O)cc6OC6C=C(O)C=CC65)C=C4)C(=O)[C@H]31)C2=O. The molecule has 5 unspecified atom stereocenters. The molecule has 7 aliphatic rings. The number of amides is 2. The Balaban J connectivity index is 0.805. The van der Waals surface area contributed by atoms with Gasteiger partial charge in [0.05, 0.1) is 34.3 Å². The number of aromatic hydroxyl groups is 1. The number of aliphatic hydroxyl groups excluding tert-OH is 1. The van der Waals surface area contributed by atoms with E-state index >= 15 is 0 Å². The van der Waals surface area contributed by atoms with Gasteiger partial charge in [-0.2, -0.15) is 0 Å². The van der Waals surface area contributed by atoms with Crippen LogP contribution in [0.5, 0.6) is 11.5 Å². The molecule has 0 saturated carbocycles. The first-order valence-corrected chi connectivity index (χ1v) is 23.5. The summed E-state index contributed by atoms with van der Waals surface area (Å²) < 4.78 is 20.3. The fourth-order valence-corrected chi connectivity index (χ4v) is 12.2. The summed E-state index contributed by atoms with van der Waals surface area (Å²) in [5, 5.41) is 27.2. The second-order valence-electron chi connectivity index (χ2n) is 17.5.